The van der Waals surface area contributed by atoms with E-state index in [2.05, 4.69) is 5.32 Å². The Bertz CT molecular complexity index is 279. The third-order valence-electron chi connectivity index (χ3n) is 2.67. The van der Waals surface area contributed by atoms with Crippen molar-refractivity contribution in [1.82, 2.24) is 10.2 Å². The highest BCUT2D eigenvalue weighted by Gasteiger charge is 2.28. The van der Waals surface area contributed by atoms with Crippen molar-refractivity contribution in [3.63, 3.8) is 0 Å². The summed E-state index contributed by atoms with van der Waals surface area (Å²) in [6, 6.07) is -0.386. The molecule has 17 heavy (non-hydrogen) atoms. The van der Waals surface area contributed by atoms with Crippen LogP contribution in [-0.2, 0) is 14.3 Å². The van der Waals surface area contributed by atoms with Crippen LogP contribution in [0, 0.1) is 0 Å². The summed E-state index contributed by atoms with van der Waals surface area (Å²) in [7, 11) is 0. The number of carbonyl (C=O) groups excluding carboxylic acids is 2. The van der Waals surface area contributed by atoms with Crippen LogP contribution in [0.2, 0.25) is 0 Å². The lowest BCUT2D eigenvalue weighted by Gasteiger charge is -2.30. The summed E-state index contributed by atoms with van der Waals surface area (Å²) in [4.78, 5) is 24.6. The van der Waals surface area contributed by atoms with Gasteiger partial charge in [0, 0.05) is 13.2 Å². The van der Waals surface area contributed by atoms with E-state index >= 15 is 0 Å². The number of hydrogen-bond donors (Lipinski definition) is 1. The van der Waals surface area contributed by atoms with E-state index in [9.17, 15) is 9.59 Å². The monoisotopic (exact) mass is 242 g/mol. The van der Waals surface area contributed by atoms with Crippen LogP contribution in [0.4, 0.5) is 0 Å². The maximum Gasteiger partial charge on any atom is 0.245 e. The van der Waals surface area contributed by atoms with Crippen molar-refractivity contribution in [3.05, 3.63) is 0 Å². The first-order valence-electron chi connectivity index (χ1n) is 6.20. The van der Waals surface area contributed by atoms with Crippen molar-refractivity contribution in [3.8, 4) is 0 Å². The van der Waals surface area contributed by atoms with Crippen LogP contribution < -0.4 is 5.32 Å². The molecule has 0 radical (unpaired) electrons. The molecule has 2 amide bonds. The van der Waals surface area contributed by atoms with E-state index in [0.29, 0.717) is 13.2 Å². The van der Waals surface area contributed by atoms with E-state index in [4.69, 9.17) is 4.74 Å². The standard InChI is InChI=1S/C12H22N2O3/c1-9(2)17-7-5-4-6-14-8-11(15)13-10(3)12(14)16/h9-10H,4-8H2,1-3H3,(H,13,15). The fourth-order valence-corrected chi connectivity index (χ4v) is 1.79. The molecule has 1 heterocycles. The maximum atomic E-state index is 11.7. The minimum atomic E-state index is -0.386. The zero-order valence-corrected chi connectivity index (χ0v) is 10.9. The van der Waals surface area contributed by atoms with Gasteiger partial charge >= 0.3 is 0 Å². The summed E-state index contributed by atoms with van der Waals surface area (Å²) in [5.74, 6) is -0.0649. The quantitative estimate of drug-likeness (QED) is 0.692. The van der Waals surface area contributed by atoms with Gasteiger partial charge in [-0.25, -0.2) is 0 Å². The van der Waals surface area contributed by atoms with E-state index in [-0.39, 0.29) is 30.5 Å². The van der Waals surface area contributed by atoms with Crippen molar-refractivity contribution in [2.24, 2.45) is 0 Å². The smallest absolute Gasteiger partial charge is 0.245 e. The predicted octanol–water partition coefficient (Wildman–Crippen LogP) is 0.539. The number of nitrogens with one attached hydrogen (secondary N) is 1. The number of nitrogens with zero attached hydrogens (tertiary/aromatic N) is 1. The molecule has 0 aromatic rings. The molecule has 1 N–H and O–H groups in total. The van der Waals surface area contributed by atoms with Gasteiger partial charge in [0.25, 0.3) is 0 Å². The number of carbonyl (C=O) groups is 2. The van der Waals surface area contributed by atoms with Gasteiger partial charge in [0.05, 0.1) is 12.6 Å². The number of ether oxygens (including phenoxy) is 1. The Hall–Kier alpha value is -1.10. The minimum Gasteiger partial charge on any atom is -0.379 e. The van der Waals surface area contributed by atoms with Crippen LogP contribution in [0.5, 0.6) is 0 Å². The number of amides is 2. The molecule has 1 fully saturated rings. The number of rotatable bonds is 6. The van der Waals surface area contributed by atoms with Crippen LogP contribution in [0.1, 0.15) is 33.6 Å². The first-order valence-corrected chi connectivity index (χ1v) is 6.20. The molecule has 5 nitrogen and oxygen atoms in total. The van der Waals surface area contributed by atoms with Gasteiger partial charge in [-0.1, -0.05) is 0 Å². The average Bonchev–Trinajstić information content (AvgIpc) is 2.23. The van der Waals surface area contributed by atoms with Crippen LogP contribution in [0.25, 0.3) is 0 Å². The summed E-state index contributed by atoms with van der Waals surface area (Å²) in [5, 5.41) is 2.62. The van der Waals surface area contributed by atoms with Gasteiger partial charge in [-0.3, -0.25) is 9.59 Å². The highest BCUT2D eigenvalue weighted by molar-refractivity contribution is 5.94. The van der Waals surface area contributed by atoms with E-state index < -0.39 is 0 Å². The molecule has 1 aliphatic rings. The molecule has 0 aromatic heterocycles. The molecule has 0 saturated carbocycles. The van der Waals surface area contributed by atoms with Crippen molar-refractivity contribution in [1.29, 1.82) is 0 Å². The molecule has 0 aliphatic carbocycles. The molecule has 0 bridgehead atoms. The van der Waals surface area contributed by atoms with Gasteiger partial charge in [0.15, 0.2) is 0 Å². The van der Waals surface area contributed by atoms with E-state index in [1.807, 2.05) is 13.8 Å². The number of hydrogen-bond acceptors (Lipinski definition) is 3. The summed E-state index contributed by atoms with van der Waals surface area (Å²) in [6.45, 7) is 7.25. The van der Waals surface area contributed by atoms with E-state index in [0.717, 1.165) is 12.8 Å². The van der Waals surface area contributed by atoms with Crippen LogP contribution in [0.15, 0.2) is 0 Å². The highest BCUT2D eigenvalue weighted by atomic mass is 16.5. The van der Waals surface area contributed by atoms with Crippen LogP contribution >= 0.6 is 0 Å². The maximum absolute atomic E-state index is 11.7. The third-order valence-corrected chi connectivity index (χ3v) is 2.67. The molecule has 0 aromatic carbocycles. The SMILES string of the molecule is CC(C)OCCCCN1CC(=O)NC(C)C1=O. The molecule has 0 spiro atoms. The third kappa shape index (κ3) is 4.73. The molecule has 1 saturated heterocycles. The zero-order valence-electron chi connectivity index (χ0n) is 10.9. The normalized spacial score (nSPS) is 20.9. The van der Waals surface area contributed by atoms with Crippen molar-refractivity contribution in [2.75, 3.05) is 19.7 Å². The van der Waals surface area contributed by atoms with Crippen molar-refractivity contribution >= 4 is 11.8 Å². The van der Waals surface area contributed by atoms with Gasteiger partial charge in [-0.05, 0) is 33.6 Å². The molecule has 1 rings (SSSR count). The lowest BCUT2D eigenvalue weighted by molar-refractivity contribution is -0.143. The lowest BCUT2D eigenvalue weighted by Crippen LogP contribution is -2.56. The average molecular weight is 242 g/mol. The largest absolute Gasteiger partial charge is 0.379 e. The Morgan fingerprint density at radius 1 is 1.41 bits per heavy atom. The molecule has 98 valence electrons. The second-order valence-electron chi connectivity index (χ2n) is 4.68. The summed E-state index contributed by atoms with van der Waals surface area (Å²) >= 11 is 0. The number of piperazine rings is 1. The molecular formula is C12H22N2O3. The first kappa shape index (κ1) is 14.0. The number of unbranched alkanes of at least 4 members (excludes halogenated alkanes) is 1. The van der Waals surface area contributed by atoms with Gasteiger partial charge in [-0.2, -0.15) is 0 Å². The summed E-state index contributed by atoms with van der Waals surface area (Å²) in [6.07, 6.45) is 2.04. The Labute approximate surface area is 102 Å². The van der Waals surface area contributed by atoms with E-state index in [1.165, 1.54) is 0 Å². The summed E-state index contributed by atoms with van der Waals surface area (Å²) < 4.78 is 5.42. The Kier molecular flexibility index (Phi) is 5.41. The highest BCUT2D eigenvalue weighted by Crippen LogP contribution is 2.04. The fraction of sp³-hybridized carbons (Fsp3) is 0.833. The molecule has 1 unspecified atom stereocenters. The zero-order chi connectivity index (χ0) is 12.8. The van der Waals surface area contributed by atoms with Gasteiger partial charge in [0.2, 0.25) is 11.8 Å². The van der Waals surface area contributed by atoms with Gasteiger partial charge in [-0.15, -0.1) is 0 Å². The van der Waals surface area contributed by atoms with E-state index in [1.54, 1.807) is 11.8 Å². The van der Waals surface area contributed by atoms with Crippen LogP contribution in [0.3, 0.4) is 0 Å². The first-order chi connectivity index (χ1) is 8.00. The minimum absolute atomic E-state index is 0.00868. The predicted molar refractivity (Wildman–Crippen MR) is 64.5 cm³/mol. The van der Waals surface area contributed by atoms with Crippen molar-refractivity contribution < 1.29 is 14.3 Å². The van der Waals surface area contributed by atoms with Crippen molar-refractivity contribution in [2.45, 2.75) is 45.8 Å². The Balaban J connectivity index is 2.21. The Morgan fingerprint density at radius 3 is 2.76 bits per heavy atom. The Morgan fingerprint density at radius 2 is 2.12 bits per heavy atom. The van der Waals surface area contributed by atoms with Gasteiger partial charge in [0.1, 0.15) is 6.04 Å². The second-order valence-corrected chi connectivity index (χ2v) is 4.68. The van der Waals surface area contributed by atoms with Gasteiger partial charge < -0.3 is 15.0 Å². The van der Waals surface area contributed by atoms with Crippen LogP contribution in [-0.4, -0.2) is 48.6 Å². The molecule has 5 heteroatoms. The lowest BCUT2D eigenvalue weighted by atomic mass is 10.2. The molecule has 1 aliphatic heterocycles. The molecular weight excluding hydrogens is 220 g/mol. The fourth-order valence-electron chi connectivity index (χ4n) is 1.79. The topological polar surface area (TPSA) is 58.6 Å². The summed E-state index contributed by atoms with van der Waals surface area (Å²) in [5.41, 5.74) is 0. The second kappa shape index (κ2) is 6.59. The molecule has 1 atom stereocenters.